The molecular formula is C26H28ClN7O2. The van der Waals surface area contributed by atoms with Gasteiger partial charge in [0.1, 0.15) is 11.6 Å². The van der Waals surface area contributed by atoms with Gasteiger partial charge in [-0.2, -0.15) is 5.26 Å². The molecule has 10 heteroatoms. The number of aliphatic hydroxyl groups is 1. The summed E-state index contributed by atoms with van der Waals surface area (Å²) in [5.74, 6) is 1.91. The van der Waals surface area contributed by atoms with E-state index in [1.54, 1.807) is 19.5 Å². The van der Waals surface area contributed by atoms with Crippen molar-refractivity contribution in [2.24, 2.45) is 5.92 Å². The highest BCUT2D eigenvalue weighted by molar-refractivity contribution is 6.33. The van der Waals surface area contributed by atoms with Crippen molar-refractivity contribution in [1.29, 1.82) is 5.26 Å². The van der Waals surface area contributed by atoms with Crippen molar-refractivity contribution in [1.82, 2.24) is 15.0 Å². The van der Waals surface area contributed by atoms with Crippen LogP contribution in [0.4, 0.5) is 23.1 Å². The zero-order chi connectivity index (χ0) is 25.3. The Balaban J connectivity index is 1.40. The van der Waals surface area contributed by atoms with Crippen LogP contribution in [0, 0.1) is 17.2 Å². The Morgan fingerprint density at radius 3 is 2.83 bits per heavy atom. The van der Waals surface area contributed by atoms with Crippen molar-refractivity contribution in [3.8, 4) is 23.1 Å². The third-order valence-corrected chi connectivity index (χ3v) is 7.32. The number of nitriles is 1. The van der Waals surface area contributed by atoms with E-state index in [1.807, 2.05) is 31.2 Å². The summed E-state index contributed by atoms with van der Waals surface area (Å²) >= 11 is 6.67. The van der Waals surface area contributed by atoms with E-state index in [0.717, 1.165) is 48.6 Å². The van der Waals surface area contributed by atoms with Crippen LogP contribution in [0.1, 0.15) is 25.3 Å². The van der Waals surface area contributed by atoms with Gasteiger partial charge in [-0.05, 0) is 31.0 Å². The molecule has 0 aliphatic carbocycles. The number of fused-ring (bicyclic) bond motifs is 1. The minimum Gasteiger partial charge on any atom is -0.494 e. The SMILES string of the molecule is COc1cc(N2CCC(C#N)CC2)c(Cl)cc1Nc1nccc(-c2cnc3c(c2)C(C)(CO)CN3)n1. The van der Waals surface area contributed by atoms with Crippen LogP contribution in [0.3, 0.4) is 0 Å². The van der Waals surface area contributed by atoms with E-state index >= 15 is 0 Å². The van der Waals surface area contributed by atoms with Crippen molar-refractivity contribution in [2.75, 3.05) is 48.9 Å². The largest absolute Gasteiger partial charge is 0.494 e. The number of nitrogens with zero attached hydrogens (tertiary/aromatic N) is 5. The summed E-state index contributed by atoms with van der Waals surface area (Å²) in [4.78, 5) is 15.8. The maximum absolute atomic E-state index is 9.90. The fourth-order valence-corrected chi connectivity index (χ4v) is 5.01. The van der Waals surface area contributed by atoms with Gasteiger partial charge in [0.2, 0.25) is 5.95 Å². The number of rotatable bonds is 6. The highest BCUT2D eigenvalue weighted by Crippen LogP contribution is 2.40. The molecule has 1 unspecified atom stereocenters. The topological polar surface area (TPSA) is 119 Å². The lowest BCUT2D eigenvalue weighted by atomic mass is 9.85. The zero-order valence-corrected chi connectivity index (χ0v) is 21.0. The van der Waals surface area contributed by atoms with Gasteiger partial charge in [-0.3, -0.25) is 0 Å². The summed E-state index contributed by atoms with van der Waals surface area (Å²) in [7, 11) is 1.61. The van der Waals surface area contributed by atoms with Crippen molar-refractivity contribution >= 4 is 34.7 Å². The van der Waals surface area contributed by atoms with E-state index < -0.39 is 0 Å². The van der Waals surface area contributed by atoms with Crippen LogP contribution in [0.15, 0.2) is 36.7 Å². The standard InChI is InChI=1S/C26H28ClN7O2/c1-26(15-35)14-31-24-18(26)9-17(13-30-24)20-3-6-29-25(32-20)33-21-10-19(27)22(11-23(21)36-2)34-7-4-16(12-28)5-8-34/h3,6,9-11,13,16,35H,4-5,7-8,14-15H2,1-2H3,(H,30,31)(H,29,32,33). The first-order valence-corrected chi connectivity index (χ1v) is 12.3. The van der Waals surface area contributed by atoms with Crippen LogP contribution in [-0.2, 0) is 5.41 Å². The normalized spacial score (nSPS) is 19.4. The van der Waals surface area contributed by atoms with Crippen molar-refractivity contribution in [2.45, 2.75) is 25.2 Å². The summed E-state index contributed by atoms with van der Waals surface area (Å²) < 4.78 is 5.65. The number of nitrogens with one attached hydrogen (secondary N) is 2. The molecular weight excluding hydrogens is 478 g/mol. The number of pyridine rings is 1. The lowest BCUT2D eigenvalue weighted by Crippen LogP contribution is -2.33. The first kappa shape index (κ1) is 24.1. The number of aliphatic hydroxyl groups excluding tert-OH is 1. The van der Waals surface area contributed by atoms with Gasteiger partial charge in [0.05, 0.1) is 41.9 Å². The quantitative estimate of drug-likeness (QED) is 0.448. The molecule has 1 fully saturated rings. The fraction of sp³-hybridized carbons (Fsp3) is 0.385. The third kappa shape index (κ3) is 4.50. The van der Waals surface area contributed by atoms with Gasteiger partial charge in [0.15, 0.2) is 0 Å². The lowest BCUT2D eigenvalue weighted by molar-refractivity contribution is 0.218. The Morgan fingerprint density at radius 1 is 1.31 bits per heavy atom. The molecule has 3 aromatic rings. The first-order valence-electron chi connectivity index (χ1n) is 11.9. The lowest BCUT2D eigenvalue weighted by Gasteiger charge is -2.32. The number of aromatic nitrogens is 3. The predicted octanol–water partition coefficient (Wildman–Crippen LogP) is 4.36. The molecule has 9 nitrogen and oxygen atoms in total. The maximum atomic E-state index is 9.90. The molecule has 0 radical (unpaired) electrons. The molecule has 2 aromatic heterocycles. The van der Waals surface area contributed by atoms with Gasteiger partial charge in [-0.25, -0.2) is 15.0 Å². The zero-order valence-electron chi connectivity index (χ0n) is 20.3. The number of hydrogen-bond donors (Lipinski definition) is 3. The molecule has 1 atom stereocenters. The molecule has 0 spiro atoms. The second kappa shape index (κ2) is 9.80. The van der Waals surface area contributed by atoms with Crippen LogP contribution in [0.2, 0.25) is 5.02 Å². The molecule has 1 aromatic carbocycles. The van der Waals surface area contributed by atoms with Gasteiger partial charge in [-0.15, -0.1) is 0 Å². The first-order chi connectivity index (χ1) is 17.4. The van der Waals surface area contributed by atoms with Gasteiger partial charge >= 0.3 is 0 Å². The molecule has 36 heavy (non-hydrogen) atoms. The number of hydrogen-bond acceptors (Lipinski definition) is 9. The van der Waals surface area contributed by atoms with Crippen LogP contribution in [0.5, 0.6) is 5.75 Å². The van der Waals surface area contributed by atoms with E-state index in [-0.39, 0.29) is 17.9 Å². The fourth-order valence-electron chi connectivity index (χ4n) is 4.72. The van der Waals surface area contributed by atoms with Gasteiger partial charge in [0, 0.05) is 60.6 Å². The molecule has 3 N–H and O–H groups in total. The Labute approximate surface area is 215 Å². The average Bonchev–Trinajstić information content (AvgIpc) is 3.25. The molecule has 0 saturated carbocycles. The summed E-state index contributed by atoms with van der Waals surface area (Å²) in [6.07, 6.45) is 5.09. The molecule has 0 amide bonds. The molecule has 4 heterocycles. The maximum Gasteiger partial charge on any atom is 0.227 e. The summed E-state index contributed by atoms with van der Waals surface area (Å²) in [6, 6.07) is 9.93. The van der Waals surface area contributed by atoms with Gasteiger partial charge in [-0.1, -0.05) is 18.5 Å². The number of ether oxygens (including phenoxy) is 1. The Kier molecular flexibility index (Phi) is 6.56. The summed E-state index contributed by atoms with van der Waals surface area (Å²) in [5.41, 5.74) is 3.66. The van der Waals surface area contributed by atoms with E-state index in [4.69, 9.17) is 16.3 Å². The second-order valence-electron chi connectivity index (χ2n) is 9.48. The smallest absolute Gasteiger partial charge is 0.227 e. The molecule has 1 saturated heterocycles. The molecule has 5 rings (SSSR count). The third-order valence-electron chi connectivity index (χ3n) is 7.02. The number of piperidine rings is 1. The van der Waals surface area contributed by atoms with Crippen LogP contribution in [0.25, 0.3) is 11.3 Å². The van der Waals surface area contributed by atoms with E-state index in [2.05, 4.69) is 36.6 Å². The highest BCUT2D eigenvalue weighted by Gasteiger charge is 2.35. The van der Waals surface area contributed by atoms with Crippen molar-refractivity contribution in [3.05, 3.63) is 47.2 Å². The second-order valence-corrected chi connectivity index (χ2v) is 9.88. The minimum absolute atomic E-state index is 0.0294. The molecule has 2 aliphatic heterocycles. The number of anilines is 4. The average molecular weight is 506 g/mol. The van der Waals surface area contributed by atoms with Crippen LogP contribution >= 0.6 is 11.6 Å². The van der Waals surface area contributed by atoms with Crippen molar-refractivity contribution < 1.29 is 9.84 Å². The molecule has 186 valence electrons. The van der Waals surface area contributed by atoms with Gasteiger partial charge in [0.25, 0.3) is 0 Å². The predicted molar refractivity (Wildman–Crippen MR) is 140 cm³/mol. The van der Waals surface area contributed by atoms with E-state index in [1.165, 1.54) is 0 Å². The summed E-state index contributed by atoms with van der Waals surface area (Å²) in [5, 5.41) is 26.2. The van der Waals surface area contributed by atoms with Gasteiger partial charge < -0.3 is 25.4 Å². The van der Waals surface area contributed by atoms with Crippen molar-refractivity contribution in [3.63, 3.8) is 0 Å². The van der Waals surface area contributed by atoms with Crippen LogP contribution in [-0.4, -0.2) is 53.4 Å². The van der Waals surface area contributed by atoms with E-state index in [0.29, 0.717) is 34.6 Å². The van der Waals surface area contributed by atoms with E-state index in [9.17, 15) is 10.4 Å². The Morgan fingerprint density at radius 2 is 2.11 bits per heavy atom. The number of halogens is 1. The number of benzene rings is 1. The summed E-state index contributed by atoms with van der Waals surface area (Å²) in [6.45, 7) is 4.23. The monoisotopic (exact) mass is 505 g/mol. The molecule has 2 aliphatic rings. The minimum atomic E-state index is -0.387. The number of methoxy groups -OCH3 is 1. The Bertz CT molecular complexity index is 1320. The Hall–Kier alpha value is -3.61. The molecule has 0 bridgehead atoms. The highest BCUT2D eigenvalue weighted by atomic mass is 35.5. The van der Waals surface area contributed by atoms with Crippen LogP contribution < -0.4 is 20.3 Å².